The molecule has 0 aromatic carbocycles. The van der Waals surface area contributed by atoms with Gasteiger partial charge >= 0.3 is 0 Å². The summed E-state index contributed by atoms with van der Waals surface area (Å²) in [6.07, 6.45) is 1.07. The summed E-state index contributed by atoms with van der Waals surface area (Å²) in [4.78, 5) is 13.8. The van der Waals surface area contributed by atoms with Crippen LogP contribution in [0, 0.1) is 0 Å². The molecule has 5 nitrogen and oxygen atoms in total. The Labute approximate surface area is 118 Å². The average molecular weight is 273 g/mol. The van der Waals surface area contributed by atoms with Crippen molar-refractivity contribution in [3.05, 3.63) is 0 Å². The molecule has 0 fully saturated rings. The molecule has 1 amide bonds. The lowest BCUT2D eigenvalue weighted by Crippen LogP contribution is -2.44. The van der Waals surface area contributed by atoms with Gasteiger partial charge in [-0.15, -0.1) is 0 Å². The Balaban J connectivity index is 3.58. The highest BCUT2D eigenvalue weighted by molar-refractivity contribution is 5.77. The van der Waals surface area contributed by atoms with E-state index in [0.29, 0.717) is 12.6 Å². The van der Waals surface area contributed by atoms with E-state index in [1.807, 2.05) is 7.05 Å². The van der Waals surface area contributed by atoms with Crippen molar-refractivity contribution in [2.24, 2.45) is 0 Å². The molecule has 5 heteroatoms. The highest BCUT2D eigenvalue weighted by Gasteiger charge is 2.09. The Morgan fingerprint density at radius 3 is 2.37 bits per heavy atom. The molecular weight excluding hydrogens is 240 g/mol. The monoisotopic (exact) mass is 273 g/mol. The molecule has 114 valence electrons. The fourth-order valence-corrected chi connectivity index (χ4v) is 1.65. The van der Waals surface area contributed by atoms with Gasteiger partial charge in [0.2, 0.25) is 5.91 Å². The van der Waals surface area contributed by atoms with Crippen molar-refractivity contribution in [3.8, 4) is 0 Å². The van der Waals surface area contributed by atoms with Gasteiger partial charge in [-0.2, -0.15) is 0 Å². The number of hydrogen-bond donors (Lipinski definition) is 2. The molecule has 0 aliphatic rings. The zero-order chi connectivity index (χ0) is 14.9. The van der Waals surface area contributed by atoms with Crippen molar-refractivity contribution < 1.29 is 9.28 Å². The van der Waals surface area contributed by atoms with Gasteiger partial charge in [0.1, 0.15) is 0 Å². The second-order valence-electron chi connectivity index (χ2n) is 6.56. The molecule has 0 spiro atoms. The van der Waals surface area contributed by atoms with Gasteiger partial charge in [-0.1, -0.05) is 13.8 Å². The third-order valence-corrected chi connectivity index (χ3v) is 2.79. The van der Waals surface area contributed by atoms with Crippen molar-refractivity contribution in [1.29, 1.82) is 0 Å². The maximum absolute atomic E-state index is 11.7. The number of nitrogens with one attached hydrogen (secondary N) is 2. The van der Waals surface area contributed by atoms with Crippen molar-refractivity contribution in [2.75, 3.05) is 60.9 Å². The van der Waals surface area contributed by atoms with Crippen LogP contribution in [-0.4, -0.2) is 82.2 Å². The van der Waals surface area contributed by atoms with Crippen LogP contribution < -0.4 is 10.6 Å². The molecule has 0 aliphatic heterocycles. The Morgan fingerprint density at radius 2 is 1.84 bits per heavy atom. The van der Waals surface area contributed by atoms with E-state index >= 15 is 0 Å². The van der Waals surface area contributed by atoms with E-state index in [9.17, 15) is 4.79 Å². The fourth-order valence-electron chi connectivity index (χ4n) is 1.65. The van der Waals surface area contributed by atoms with E-state index in [2.05, 4.69) is 50.5 Å². The van der Waals surface area contributed by atoms with Crippen LogP contribution in [0.2, 0.25) is 0 Å². The van der Waals surface area contributed by atoms with Crippen LogP contribution >= 0.6 is 0 Å². The first-order valence-electron chi connectivity index (χ1n) is 7.20. The molecule has 2 N–H and O–H groups in total. The molecule has 19 heavy (non-hydrogen) atoms. The van der Waals surface area contributed by atoms with Gasteiger partial charge in [0, 0.05) is 6.04 Å². The maximum atomic E-state index is 11.7. The van der Waals surface area contributed by atoms with Crippen LogP contribution in [0.15, 0.2) is 0 Å². The van der Waals surface area contributed by atoms with Gasteiger partial charge in [0.05, 0.1) is 40.8 Å². The highest BCUT2D eigenvalue weighted by atomic mass is 16.2. The van der Waals surface area contributed by atoms with Crippen LogP contribution in [0.25, 0.3) is 0 Å². The zero-order valence-corrected chi connectivity index (χ0v) is 13.6. The first kappa shape index (κ1) is 18.4. The van der Waals surface area contributed by atoms with Crippen LogP contribution in [0.5, 0.6) is 0 Å². The van der Waals surface area contributed by atoms with Crippen LogP contribution in [0.4, 0.5) is 0 Å². The largest absolute Gasteiger partial charge is 0.349 e. The van der Waals surface area contributed by atoms with E-state index < -0.39 is 0 Å². The number of nitrogens with zero attached hydrogens (tertiary/aromatic N) is 2. The van der Waals surface area contributed by atoms with E-state index in [4.69, 9.17) is 0 Å². The molecule has 0 aromatic heterocycles. The second-order valence-corrected chi connectivity index (χ2v) is 6.56. The first-order chi connectivity index (χ1) is 8.70. The lowest BCUT2D eigenvalue weighted by molar-refractivity contribution is -0.869. The number of hydrogen-bond acceptors (Lipinski definition) is 3. The maximum Gasteiger partial charge on any atom is 0.234 e. The molecule has 0 rings (SSSR count). The molecule has 0 aliphatic carbocycles. The molecule has 0 radical (unpaired) electrons. The smallest absolute Gasteiger partial charge is 0.234 e. The molecule has 0 bridgehead atoms. The van der Waals surface area contributed by atoms with Crippen molar-refractivity contribution in [3.63, 3.8) is 0 Å². The summed E-state index contributed by atoms with van der Waals surface area (Å²) in [5.41, 5.74) is 0. The van der Waals surface area contributed by atoms with Crippen LogP contribution in [0.3, 0.4) is 0 Å². The minimum Gasteiger partial charge on any atom is -0.349 e. The Morgan fingerprint density at radius 1 is 1.21 bits per heavy atom. The summed E-state index contributed by atoms with van der Waals surface area (Å²) in [5.74, 6) is 0.118. The van der Waals surface area contributed by atoms with Gasteiger partial charge in [-0.3, -0.25) is 9.69 Å². The molecule has 0 saturated carbocycles. The van der Waals surface area contributed by atoms with Gasteiger partial charge < -0.3 is 15.1 Å². The van der Waals surface area contributed by atoms with Gasteiger partial charge in [0.15, 0.2) is 0 Å². The standard InChI is InChI=1S/C14H32N4O/c1-13(2)15-8-7-10-17(3)12-14(19)16-9-11-18(4,5)6/h13,15H,7-12H2,1-6H3/p+1. The number of rotatable bonds is 10. The Kier molecular flexibility index (Phi) is 8.97. The second kappa shape index (κ2) is 9.28. The summed E-state index contributed by atoms with van der Waals surface area (Å²) in [5, 5.41) is 6.34. The molecule has 0 atom stereocenters. The number of likely N-dealkylation sites (N-methyl/N-ethyl adjacent to an activating group) is 2. The summed E-state index contributed by atoms with van der Waals surface area (Å²) in [6.45, 7) is 8.42. The number of carbonyl (C=O) groups excluding carboxylic acids is 1. The van der Waals surface area contributed by atoms with Crippen LogP contribution in [0.1, 0.15) is 20.3 Å². The van der Waals surface area contributed by atoms with E-state index in [0.717, 1.165) is 37.1 Å². The van der Waals surface area contributed by atoms with Gasteiger partial charge in [-0.25, -0.2) is 0 Å². The Bertz CT molecular complexity index is 248. The highest BCUT2D eigenvalue weighted by Crippen LogP contribution is 1.89. The van der Waals surface area contributed by atoms with E-state index in [1.165, 1.54) is 0 Å². The van der Waals surface area contributed by atoms with Crippen molar-refractivity contribution in [2.45, 2.75) is 26.3 Å². The van der Waals surface area contributed by atoms with E-state index in [-0.39, 0.29) is 5.91 Å². The number of carbonyl (C=O) groups is 1. The number of quaternary nitrogens is 1. The number of amides is 1. The minimum atomic E-state index is 0.118. The molecule has 0 saturated heterocycles. The molecule has 0 aromatic rings. The quantitative estimate of drug-likeness (QED) is 0.439. The van der Waals surface area contributed by atoms with Gasteiger partial charge in [0.25, 0.3) is 0 Å². The molecular formula is C14H33N4O+. The molecule has 0 unspecified atom stereocenters. The topological polar surface area (TPSA) is 44.4 Å². The lowest BCUT2D eigenvalue weighted by Gasteiger charge is -2.24. The fraction of sp³-hybridized carbons (Fsp3) is 0.929. The minimum absolute atomic E-state index is 0.118. The van der Waals surface area contributed by atoms with Gasteiger partial charge in [-0.05, 0) is 26.6 Å². The third kappa shape index (κ3) is 13.6. The van der Waals surface area contributed by atoms with Crippen LogP contribution in [-0.2, 0) is 4.79 Å². The zero-order valence-electron chi connectivity index (χ0n) is 13.6. The van der Waals surface area contributed by atoms with Crippen molar-refractivity contribution in [1.82, 2.24) is 15.5 Å². The summed E-state index contributed by atoms with van der Waals surface area (Å²) < 4.78 is 0.872. The summed E-state index contributed by atoms with van der Waals surface area (Å²) in [6, 6.07) is 0.532. The SMILES string of the molecule is CC(C)NCCCN(C)CC(=O)NCC[N+](C)(C)C. The van der Waals surface area contributed by atoms with Crippen molar-refractivity contribution >= 4 is 5.91 Å². The lowest BCUT2D eigenvalue weighted by atomic mass is 10.3. The third-order valence-electron chi connectivity index (χ3n) is 2.79. The first-order valence-corrected chi connectivity index (χ1v) is 7.20. The predicted molar refractivity (Wildman–Crippen MR) is 81.2 cm³/mol. The average Bonchev–Trinajstić information content (AvgIpc) is 2.22. The van der Waals surface area contributed by atoms with E-state index in [1.54, 1.807) is 0 Å². The summed E-state index contributed by atoms with van der Waals surface area (Å²) in [7, 11) is 8.37. The summed E-state index contributed by atoms with van der Waals surface area (Å²) >= 11 is 0. The Hall–Kier alpha value is -0.650. The molecule has 0 heterocycles. The normalized spacial score (nSPS) is 12.2. The predicted octanol–water partition coefficient (Wildman–Crippen LogP) is 0.129.